The van der Waals surface area contributed by atoms with Crippen LogP contribution in [-0.4, -0.2) is 35.6 Å². The Morgan fingerprint density at radius 3 is 2.79 bits per heavy atom. The highest BCUT2D eigenvalue weighted by Crippen LogP contribution is 2.27. The Balaban J connectivity index is 1.89. The Kier molecular flexibility index (Phi) is 5.99. The molecule has 2 N–H and O–H groups in total. The SMILES string of the molecule is CCC(C)C(C)(O)CNC(=O)CCN1C(=O)CCc2ccccc21. The minimum atomic E-state index is -0.919. The number of hydrogen-bond acceptors (Lipinski definition) is 3. The number of rotatable bonds is 7. The maximum atomic E-state index is 12.2. The summed E-state index contributed by atoms with van der Waals surface area (Å²) < 4.78 is 0. The summed E-state index contributed by atoms with van der Waals surface area (Å²) in [6, 6.07) is 7.83. The number of para-hydroxylation sites is 1. The number of nitrogens with one attached hydrogen (secondary N) is 1. The van der Waals surface area contributed by atoms with E-state index in [1.165, 1.54) is 0 Å². The molecule has 24 heavy (non-hydrogen) atoms. The molecule has 1 aliphatic heterocycles. The number of anilines is 1. The minimum absolute atomic E-state index is 0.0631. The number of amides is 2. The Morgan fingerprint density at radius 2 is 2.08 bits per heavy atom. The van der Waals surface area contributed by atoms with Crippen LogP contribution in [0, 0.1) is 5.92 Å². The largest absolute Gasteiger partial charge is 0.388 e. The molecule has 1 aliphatic rings. The zero-order valence-electron chi connectivity index (χ0n) is 14.8. The van der Waals surface area contributed by atoms with E-state index in [-0.39, 0.29) is 30.7 Å². The first-order chi connectivity index (χ1) is 11.3. The van der Waals surface area contributed by atoms with Crippen LogP contribution in [-0.2, 0) is 16.0 Å². The van der Waals surface area contributed by atoms with E-state index in [4.69, 9.17) is 0 Å². The summed E-state index contributed by atoms with van der Waals surface area (Å²) in [5.41, 5.74) is 1.14. The van der Waals surface area contributed by atoms with E-state index in [2.05, 4.69) is 5.32 Å². The van der Waals surface area contributed by atoms with Crippen LogP contribution in [0.5, 0.6) is 0 Å². The van der Waals surface area contributed by atoms with Crippen LogP contribution in [0.4, 0.5) is 5.69 Å². The molecule has 0 radical (unpaired) electrons. The fourth-order valence-electron chi connectivity index (χ4n) is 2.93. The zero-order chi connectivity index (χ0) is 17.7. The van der Waals surface area contributed by atoms with E-state index in [0.29, 0.717) is 13.0 Å². The van der Waals surface area contributed by atoms with Crippen LogP contribution in [0.1, 0.15) is 45.6 Å². The van der Waals surface area contributed by atoms with Gasteiger partial charge in [0, 0.05) is 31.6 Å². The number of aliphatic hydroxyl groups is 1. The number of nitrogens with zero attached hydrogens (tertiary/aromatic N) is 1. The zero-order valence-corrected chi connectivity index (χ0v) is 14.8. The second kappa shape index (κ2) is 7.79. The molecular weight excluding hydrogens is 304 g/mol. The average molecular weight is 332 g/mol. The van der Waals surface area contributed by atoms with Gasteiger partial charge in [-0.25, -0.2) is 0 Å². The third-order valence-electron chi connectivity index (χ3n) is 5.07. The van der Waals surface area contributed by atoms with Crippen molar-refractivity contribution in [1.29, 1.82) is 0 Å². The Hall–Kier alpha value is -1.88. The van der Waals surface area contributed by atoms with Gasteiger partial charge in [-0.1, -0.05) is 38.5 Å². The van der Waals surface area contributed by atoms with Crippen LogP contribution < -0.4 is 10.2 Å². The maximum Gasteiger partial charge on any atom is 0.227 e. The van der Waals surface area contributed by atoms with E-state index < -0.39 is 5.60 Å². The number of fused-ring (bicyclic) bond motifs is 1. The maximum absolute atomic E-state index is 12.2. The van der Waals surface area contributed by atoms with Gasteiger partial charge in [0.2, 0.25) is 11.8 Å². The molecular formula is C19H28N2O3. The van der Waals surface area contributed by atoms with E-state index in [0.717, 1.165) is 24.1 Å². The lowest BCUT2D eigenvalue weighted by atomic mass is 9.88. The summed E-state index contributed by atoms with van der Waals surface area (Å²) in [7, 11) is 0. The Labute approximate surface area is 144 Å². The van der Waals surface area contributed by atoms with Crippen LogP contribution in [0.2, 0.25) is 0 Å². The lowest BCUT2D eigenvalue weighted by molar-refractivity contribution is -0.122. The average Bonchev–Trinajstić information content (AvgIpc) is 2.58. The normalized spacial score (nSPS) is 17.8. The van der Waals surface area contributed by atoms with Gasteiger partial charge in [0.15, 0.2) is 0 Å². The van der Waals surface area contributed by atoms with E-state index >= 15 is 0 Å². The topological polar surface area (TPSA) is 69.6 Å². The third kappa shape index (κ3) is 4.35. The van der Waals surface area contributed by atoms with Crippen LogP contribution in [0.3, 0.4) is 0 Å². The highest BCUT2D eigenvalue weighted by atomic mass is 16.3. The lowest BCUT2D eigenvalue weighted by Gasteiger charge is -2.31. The van der Waals surface area contributed by atoms with Crippen LogP contribution in [0.25, 0.3) is 0 Å². The summed E-state index contributed by atoms with van der Waals surface area (Å²) in [6.45, 7) is 6.32. The van der Waals surface area contributed by atoms with Crippen molar-refractivity contribution in [2.24, 2.45) is 5.92 Å². The fourth-order valence-corrected chi connectivity index (χ4v) is 2.93. The summed E-state index contributed by atoms with van der Waals surface area (Å²) in [5.74, 6) is 0.0240. The lowest BCUT2D eigenvalue weighted by Crippen LogP contribution is -2.46. The first-order valence-corrected chi connectivity index (χ1v) is 8.72. The molecule has 0 aliphatic carbocycles. The standard InChI is InChI=1S/C19H28N2O3/c1-4-14(2)19(3,24)13-20-17(22)11-12-21-16-8-6-5-7-15(16)9-10-18(21)23/h5-8,14,24H,4,9-13H2,1-3H3,(H,20,22). The monoisotopic (exact) mass is 332 g/mol. The fraction of sp³-hybridized carbons (Fsp3) is 0.579. The molecule has 1 heterocycles. The first-order valence-electron chi connectivity index (χ1n) is 8.72. The number of benzene rings is 1. The van der Waals surface area contributed by atoms with Gasteiger partial charge in [0.25, 0.3) is 0 Å². The molecule has 0 aromatic heterocycles. The summed E-state index contributed by atoms with van der Waals surface area (Å²) in [6.07, 6.45) is 2.33. The van der Waals surface area contributed by atoms with Crippen LogP contribution >= 0.6 is 0 Å². The van der Waals surface area contributed by atoms with E-state index in [1.807, 2.05) is 38.1 Å². The van der Waals surface area contributed by atoms with Crippen molar-refractivity contribution in [3.05, 3.63) is 29.8 Å². The quantitative estimate of drug-likeness (QED) is 0.805. The van der Waals surface area contributed by atoms with Crippen molar-refractivity contribution in [2.45, 2.75) is 52.1 Å². The Bertz CT molecular complexity index is 598. The van der Waals surface area contributed by atoms with Gasteiger partial charge in [-0.2, -0.15) is 0 Å². The molecule has 5 heteroatoms. The summed E-state index contributed by atoms with van der Waals surface area (Å²) in [4.78, 5) is 26.0. The molecule has 2 unspecified atom stereocenters. The van der Waals surface area contributed by atoms with Crippen LogP contribution in [0.15, 0.2) is 24.3 Å². The van der Waals surface area contributed by atoms with Crippen molar-refractivity contribution in [2.75, 3.05) is 18.0 Å². The van der Waals surface area contributed by atoms with E-state index in [1.54, 1.807) is 11.8 Å². The molecule has 0 saturated heterocycles. The van der Waals surface area contributed by atoms with Gasteiger partial charge in [0.05, 0.1) is 5.60 Å². The van der Waals surface area contributed by atoms with Gasteiger partial charge >= 0.3 is 0 Å². The van der Waals surface area contributed by atoms with Gasteiger partial charge < -0.3 is 15.3 Å². The molecule has 2 amide bonds. The molecule has 0 spiro atoms. The third-order valence-corrected chi connectivity index (χ3v) is 5.07. The van der Waals surface area contributed by atoms with E-state index in [9.17, 15) is 14.7 Å². The van der Waals surface area contributed by atoms with Gasteiger partial charge in [-0.3, -0.25) is 9.59 Å². The predicted molar refractivity (Wildman–Crippen MR) is 94.8 cm³/mol. The van der Waals surface area contributed by atoms with Crippen molar-refractivity contribution in [1.82, 2.24) is 5.32 Å². The van der Waals surface area contributed by atoms with Gasteiger partial charge in [-0.15, -0.1) is 0 Å². The molecule has 0 fully saturated rings. The second-order valence-electron chi connectivity index (χ2n) is 6.87. The molecule has 0 bridgehead atoms. The second-order valence-corrected chi connectivity index (χ2v) is 6.87. The number of aryl methyl sites for hydroxylation is 1. The van der Waals surface area contributed by atoms with Crippen molar-refractivity contribution < 1.29 is 14.7 Å². The highest BCUT2D eigenvalue weighted by Gasteiger charge is 2.28. The number of carbonyl (C=O) groups excluding carboxylic acids is 2. The molecule has 0 saturated carbocycles. The number of carbonyl (C=O) groups is 2. The van der Waals surface area contributed by atoms with Gasteiger partial charge in [-0.05, 0) is 30.9 Å². The molecule has 132 valence electrons. The smallest absolute Gasteiger partial charge is 0.227 e. The minimum Gasteiger partial charge on any atom is -0.388 e. The highest BCUT2D eigenvalue weighted by molar-refractivity contribution is 5.96. The summed E-state index contributed by atoms with van der Waals surface area (Å²) in [5, 5.41) is 13.1. The predicted octanol–water partition coefficient (Wildman–Crippen LogP) is 2.27. The van der Waals surface area contributed by atoms with Crippen molar-refractivity contribution in [3.8, 4) is 0 Å². The first kappa shape index (κ1) is 18.5. The molecule has 2 atom stereocenters. The Morgan fingerprint density at radius 1 is 1.38 bits per heavy atom. The molecule has 1 aromatic rings. The molecule has 2 rings (SSSR count). The molecule has 5 nitrogen and oxygen atoms in total. The van der Waals surface area contributed by atoms with Crippen molar-refractivity contribution >= 4 is 17.5 Å². The van der Waals surface area contributed by atoms with Gasteiger partial charge in [0.1, 0.15) is 0 Å². The number of hydrogen-bond donors (Lipinski definition) is 2. The van der Waals surface area contributed by atoms with Crippen molar-refractivity contribution in [3.63, 3.8) is 0 Å². The summed E-state index contributed by atoms with van der Waals surface area (Å²) >= 11 is 0. The molecule has 1 aromatic carbocycles.